The maximum atomic E-state index is 13.7. The molecule has 20 heavy (non-hydrogen) atoms. The molecule has 0 bridgehead atoms. The number of para-hydroxylation sites is 1. The summed E-state index contributed by atoms with van der Waals surface area (Å²) in [7, 11) is 0. The van der Waals surface area contributed by atoms with E-state index in [0.29, 0.717) is 12.2 Å². The van der Waals surface area contributed by atoms with Crippen LogP contribution < -0.4 is 16.4 Å². The molecule has 0 amide bonds. The standard InChI is InChI=1S/C14H22FN5/c15-12-4-1-2-5-13(12)20-10-8-19(9-11-20)7-3-6-18-14(16)17/h1-2,4-5H,3,6-11H2,(H4,16,17,18). The summed E-state index contributed by atoms with van der Waals surface area (Å²) in [4.78, 5) is 8.43. The molecule has 0 aliphatic carbocycles. The normalized spacial score (nSPS) is 16.1. The molecule has 2 rings (SSSR count). The lowest BCUT2D eigenvalue weighted by Gasteiger charge is -2.36. The minimum atomic E-state index is -0.145. The molecule has 0 spiro atoms. The van der Waals surface area contributed by atoms with E-state index in [4.69, 9.17) is 11.5 Å². The van der Waals surface area contributed by atoms with E-state index in [1.807, 2.05) is 12.1 Å². The molecule has 1 aromatic rings. The van der Waals surface area contributed by atoms with Crippen molar-refractivity contribution in [2.75, 3.05) is 44.2 Å². The molecule has 0 aromatic heterocycles. The number of aliphatic imine (C=N–C) groups is 1. The van der Waals surface area contributed by atoms with Gasteiger partial charge in [0, 0.05) is 39.3 Å². The fourth-order valence-electron chi connectivity index (χ4n) is 2.42. The lowest BCUT2D eigenvalue weighted by Crippen LogP contribution is -2.47. The molecular formula is C14H22FN5. The maximum Gasteiger partial charge on any atom is 0.185 e. The molecule has 6 heteroatoms. The number of halogens is 1. The number of nitrogens with zero attached hydrogens (tertiary/aromatic N) is 3. The SMILES string of the molecule is NC(N)=NCCCN1CCN(c2ccccc2F)CC1. The molecular weight excluding hydrogens is 257 g/mol. The second-order valence-electron chi connectivity index (χ2n) is 4.94. The molecule has 1 aliphatic rings. The first-order valence-corrected chi connectivity index (χ1v) is 6.94. The Morgan fingerprint density at radius 2 is 1.85 bits per heavy atom. The second kappa shape index (κ2) is 7.09. The Balaban J connectivity index is 1.75. The molecule has 1 aliphatic heterocycles. The fourth-order valence-corrected chi connectivity index (χ4v) is 2.42. The van der Waals surface area contributed by atoms with E-state index in [1.54, 1.807) is 6.07 Å². The van der Waals surface area contributed by atoms with E-state index in [9.17, 15) is 4.39 Å². The van der Waals surface area contributed by atoms with Gasteiger partial charge in [0.1, 0.15) is 5.82 Å². The van der Waals surface area contributed by atoms with Crippen molar-refractivity contribution in [2.24, 2.45) is 16.5 Å². The number of nitrogens with two attached hydrogens (primary N) is 2. The zero-order valence-electron chi connectivity index (χ0n) is 11.6. The van der Waals surface area contributed by atoms with Gasteiger partial charge in [-0.1, -0.05) is 12.1 Å². The quantitative estimate of drug-likeness (QED) is 0.471. The second-order valence-corrected chi connectivity index (χ2v) is 4.94. The third-order valence-corrected chi connectivity index (χ3v) is 3.49. The molecule has 0 saturated carbocycles. The van der Waals surface area contributed by atoms with Crippen molar-refractivity contribution in [3.8, 4) is 0 Å². The monoisotopic (exact) mass is 279 g/mol. The Kier molecular flexibility index (Phi) is 5.17. The van der Waals surface area contributed by atoms with Gasteiger partial charge in [-0.25, -0.2) is 4.39 Å². The average molecular weight is 279 g/mol. The van der Waals surface area contributed by atoms with Crippen LogP contribution in [0.5, 0.6) is 0 Å². The molecule has 4 N–H and O–H groups in total. The van der Waals surface area contributed by atoms with Crippen LogP contribution in [0, 0.1) is 5.82 Å². The van der Waals surface area contributed by atoms with Crippen LogP contribution in [0.3, 0.4) is 0 Å². The molecule has 0 radical (unpaired) electrons. The van der Waals surface area contributed by atoms with E-state index >= 15 is 0 Å². The predicted molar refractivity (Wildman–Crippen MR) is 80.3 cm³/mol. The fraction of sp³-hybridized carbons (Fsp3) is 0.500. The highest BCUT2D eigenvalue weighted by Crippen LogP contribution is 2.20. The van der Waals surface area contributed by atoms with Crippen molar-refractivity contribution < 1.29 is 4.39 Å². The highest BCUT2D eigenvalue weighted by molar-refractivity contribution is 5.75. The largest absolute Gasteiger partial charge is 0.370 e. The lowest BCUT2D eigenvalue weighted by molar-refractivity contribution is 0.256. The Morgan fingerprint density at radius 1 is 1.15 bits per heavy atom. The number of hydrogen-bond acceptors (Lipinski definition) is 3. The van der Waals surface area contributed by atoms with E-state index in [1.165, 1.54) is 6.07 Å². The van der Waals surface area contributed by atoms with E-state index in [-0.39, 0.29) is 11.8 Å². The molecule has 1 aromatic carbocycles. The van der Waals surface area contributed by atoms with E-state index in [2.05, 4.69) is 14.8 Å². The lowest BCUT2D eigenvalue weighted by atomic mass is 10.2. The molecule has 1 fully saturated rings. The van der Waals surface area contributed by atoms with Crippen molar-refractivity contribution in [1.82, 2.24) is 4.90 Å². The van der Waals surface area contributed by atoms with Crippen LogP contribution in [-0.2, 0) is 0 Å². The van der Waals surface area contributed by atoms with Crippen LogP contribution in [0.15, 0.2) is 29.3 Å². The summed E-state index contributed by atoms with van der Waals surface area (Å²) in [6.45, 7) is 5.22. The summed E-state index contributed by atoms with van der Waals surface area (Å²) < 4.78 is 13.7. The van der Waals surface area contributed by atoms with Crippen molar-refractivity contribution in [2.45, 2.75) is 6.42 Å². The van der Waals surface area contributed by atoms with Gasteiger partial charge in [0.25, 0.3) is 0 Å². The van der Waals surface area contributed by atoms with Crippen molar-refractivity contribution in [3.05, 3.63) is 30.1 Å². The van der Waals surface area contributed by atoms with E-state index < -0.39 is 0 Å². The number of hydrogen-bond donors (Lipinski definition) is 2. The summed E-state index contributed by atoms with van der Waals surface area (Å²) in [5.74, 6) is 0.00285. The third kappa shape index (κ3) is 4.09. The molecule has 110 valence electrons. The van der Waals surface area contributed by atoms with Crippen molar-refractivity contribution >= 4 is 11.6 Å². The molecule has 0 unspecified atom stereocenters. The summed E-state index contributed by atoms with van der Waals surface area (Å²) >= 11 is 0. The highest BCUT2D eigenvalue weighted by atomic mass is 19.1. The van der Waals surface area contributed by atoms with Gasteiger partial charge in [0.15, 0.2) is 5.96 Å². The Hall–Kier alpha value is -1.82. The summed E-state index contributed by atoms with van der Waals surface area (Å²) in [5.41, 5.74) is 11.3. The van der Waals surface area contributed by atoms with Gasteiger partial charge in [-0.2, -0.15) is 0 Å². The van der Waals surface area contributed by atoms with Crippen LogP contribution in [0.4, 0.5) is 10.1 Å². The van der Waals surface area contributed by atoms with Gasteiger partial charge in [-0.05, 0) is 18.6 Å². The first-order valence-electron chi connectivity index (χ1n) is 6.94. The topological polar surface area (TPSA) is 70.9 Å². The zero-order valence-corrected chi connectivity index (χ0v) is 11.6. The molecule has 1 heterocycles. The Morgan fingerprint density at radius 3 is 2.50 bits per heavy atom. The van der Waals surface area contributed by atoms with Crippen LogP contribution in [-0.4, -0.2) is 50.1 Å². The van der Waals surface area contributed by atoms with Crippen molar-refractivity contribution in [1.29, 1.82) is 0 Å². The number of guanidine groups is 1. The smallest absolute Gasteiger partial charge is 0.185 e. The number of anilines is 1. The van der Waals surface area contributed by atoms with Gasteiger partial charge in [0.2, 0.25) is 0 Å². The molecule has 1 saturated heterocycles. The average Bonchev–Trinajstić information content (AvgIpc) is 2.45. The van der Waals surface area contributed by atoms with Gasteiger partial charge < -0.3 is 16.4 Å². The minimum Gasteiger partial charge on any atom is -0.370 e. The summed E-state index contributed by atoms with van der Waals surface area (Å²) in [6.07, 6.45) is 0.942. The number of benzene rings is 1. The summed E-state index contributed by atoms with van der Waals surface area (Å²) in [5, 5.41) is 0. The van der Waals surface area contributed by atoms with Gasteiger partial charge >= 0.3 is 0 Å². The van der Waals surface area contributed by atoms with Gasteiger partial charge in [0.05, 0.1) is 5.69 Å². The van der Waals surface area contributed by atoms with Crippen LogP contribution in [0.25, 0.3) is 0 Å². The Labute approximate surface area is 119 Å². The van der Waals surface area contributed by atoms with Crippen LogP contribution in [0.2, 0.25) is 0 Å². The van der Waals surface area contributed by atoms with Crippen LogP contribution >= 0.6 is 0 Å². The molecule has 0 atom stereocenters. The maximum absolute atomic E-state index is 13.7. The van der Waals surface area contributed by atoms with Crippen molar-refractivity contribution in [3.63, 3.8) is 0 Å². The number of piperazine rings is 1. The summed E-state index contributed by atoms with van der Waals surface area (Å²) in [6, 6.07) is 6.94. The number of rotatable bonds is 5. The van der Waals surface area contributed by atoms with Gasteiger partial charge in [-0.3, -0.25) is 9.89 Å². The minimum absolute atomic E-state index is 0.145. The van der Waals surface area contributed by atoms with E-state index in [0.717, 1.165) is 39.1 Å². The van der Waals surface area contributed by atoms with Gasteiger partial charge in [-0.15, -0.1) is 0 Å². The third-order valence-electron chi connectivity index (χ3n) is 3.49. The zero-order chi connectivity index (χ0) is 14.4. The highest BCUT2D eigenvalue weighted by Gasteiger charge is 2.18. The Bertz CT molecular complexity index is 451. The predicted octanol–water partition coefficient (Wildman–Crippen LogP) is 0.611. The first kappa shape index (κ1) is 14.6. The first-order chi connectivity index (χ1) is 9.66. The molecule has 5 nitrogen and oxygen atoms in total. The van der Waals surface area contributed by atoms with Crippen LogP contribution in [0.1, 0.15) is 6.42 Å².